The molecule has 216 valence electrons. The van der Waals surface area contributed by atoms with E-state index in [1.165, 1.54) is 49.7 Å². The molecule has 4 rings (SSSR count). The van der Waals surface area contributed by atoms with Crippen molar-refractivity contribution < 1.29 is 19.1 Å². The van der Waals surface area contributed by atoms with Crippen molar-refractivity contribution in [2.24, 2.45) is 11.8 Å². The summed E-state index contributed by atoms with van der Waals surface area (Å²) in [7, 11) is 8.49. The highest BCUT2D eigenvalue weighted by molar-refractivity contribution is 5.93. The van der Waals surface area contributed by atoms with E-state index in [1.807, 2.05) is 24.3 Å². The Bertz CT molecular complexity index is 1070. The zero-order valence-corrected chi connectivity index (χ0v) is 24.7. The van der Waals surface area contributed by atoms with E-state index in [1.54, 1.807) is 12.1 Å². The average Bonchev–Trinajstić information content (AvgIpc) is 2.92. The van der Waals surface area contributed by atoms with Crippen molar-refractivity contribution in [3.63, 3.8) is 0 Å². The Balaban J connectivity index is 1.34. The number of hydrogen-bond acceptors (Lipinski definition) is 6. The summed E-state index contributed by atoms with van der Waals surface area (Å²) in [5, 5.41) is 0. The van der Waals surface area contributed by atoms with Gasteiger partial charge in [-0.25, -0.2) is 9.59 Å². The molecule has 4 atom stereocenters. The molecule has 2 aromatic rings. The van der Waals surface area contributed by atoms with Crippen LogP contribution >= 0.6 is 0 Å². The first-order chi connectivity index (χ1) is 19.3. The van der Waals surface area contributed by atoms with Crippen molar-refractivity contribution in [2.75, 3.05) is 41.3 Å². The molecule has 0 aliphatic heterocycles. The van der Waals surface area contributed by atoms with Gasteiger partial charge in [-0.1, -0.05) is 49.9 Å². The van der Waals surface area contributed by atoms with E-state index in [9.17, 15) is 9.59 Å². The minimum absolute atomic E-state index is 0.461. The summed E-state index contributed by atoms with van der Waals surface area (Å²) in [6.45, 7) is 2.11. The van der Waals surface area contributed by atoms with Gasteiger partial charge in [0, 0.05) is 25.2 Å². The first-order valence-electron chi connectivity index (χ1n) is 14.9. The molecule has 6 heteroatoms. The Morgan fingerprint density at radius 3 is 1.48 bits per heavy atom. The van der Waals surface area contributed by atoms with Crippen molar-refractivity contribution in [3.8, 4) is 11.5 Å². The molecule has 0 amide bonds. The zero-order valence-electron chi connectivity index (χ0n) is 24.7. The van der Waals surface area contributed by atoms with Crippen LogP contribution in [0.3, 0.4) is 0 Å². The number of benzene rings is 2. The molecule has 0 heterocycles. The van der Waals surface area contributed by atoms with Crippen LogP contribution < -0.4 is 9.47 Å². The summed E-state index contributed by atoms with van der Waals surface area (Å²) in [6, 6.07) is 15.7. The van der Waals surface area contributed by atoms with E-state index in [0.717, 1.165) is 38.1 Å². The van der Waals surface area contributed by atoms with Gasteiger partial charge in [0.05, 0.1) is 0 Å². The van der Waals surface area contributed by atoms with Crippen molar-refractivity contribution in [2.45, 2.75) is 63.2 Å². The van der Waals surface area contributed by atoms with Crippen LogP contribution in [-0.2, 0) is 9.59 Å². The van der Waals surface area contributed by atoms with Crippen molar-refractivity contribution in [3.05, 3.63) is 71.8 Å². The number of esters is 2. The normalized spacial score (nSPS) is 23.4. The molecule has 0 aromatic heterocycles. The van der Waals surface area contributed by atoms with Gasteiger partial charge >= 0.3 is 11.9 Å². The van der Waals surface area contributed by atoms with E-state index in [-0.39, 0.29) is 0 Å². The maximum atomic E-state index is 12.5. The van der Waals surface area contributed by atoms with Gasteiger partial charge in [0.1, 0.15) is 11.5 Å². The lowest BCUT2D eigenvalue weighted by Crippen LogP contribution is -2.29. The maximum Gasteiger partial charge on any atom is 0.336 e. The number of ether oxygens (including phenoxy) is 2. The topological polar surface area (TPSA) is 59.1 Å². The van der Waals surface area contributed by atoms with E-state index >= 15 is 0 Å². The number of carbonyl (C=O) groups is 2. The lowest BCUT2D eigenvalue weighted by molar-refractivity contribution is -0.131. The van der Waals surface area contributed by atoms with Gasteiger partial charge in [-0.3, -0.25) is 0 Å². The molecule has 0 N–H and O–H groups in total. The first-order valence-corrected chi connectivity index (χ1v) is 14.9. The summed E-state index contributed by atoms with van der Waals surface area (Å²) in [4.78, 5) is 29.6. The predicted molar refractivity (Wildman–Crippen MR) is 160 cm³/mol. The minimum atomic E-state index is -0.593. The van der Waals surface area contributed by atoms with Crippen LogP contribution in [0.5, 0.6) is 11.5 Å². The molecular formula is C34H46N2O4. The van der Waals surface area contributed by atoms with E-state index in [0.29, 0.717) is 35.2 Å². The molecule has 40 heavy (non-hydrogen) atoms. The second-order valence-electron chi connectivity index (χ2n) is 12.1. The fraction of sp³-hybridized carbons (Fsp3) is 0.529. The molecule has 2 aliphatic carbocycles. The number of nitrogens with zero attached hydrogens (tertiary/aromatic N) is 2. The standard InChI is InChI=1S/C34H46N2O4/c1-35(2)23-27-11-5-7-17-31(27)25-13-9-15-29(21-25)39-33(37)19-20-34(38)40-30-16-10-14-26(22-30)32-18-8-6-12-28(32)24-36(3)4/h9-10,13-16,19-22,27-28,31-32H,5-8,11-12,17-18,23-24H2,1-4H3/b20-19+. The van der Waals surface area contributed by atoms with Gasteiger partial charge in [-0.2, -0.15) is 0 Å². The monoisotopic (exact) mass is 546 g/mol. The Morgan fingerprint density at radius 1 is 0.675 bits per heavy atom. The van der Waals surface area contributed by atoms with Gasteiger partial charge in [-0.05, 0) is 113 Å². The molecule has 4 unspecified atom stereocenters. The lowest BCUT2D eigenvalue weighted by Gasteiger charge is -2.34. The van der Waals surface area contributed by atoms with Crippen molar-refractivity contribution in [1.82, 2.24) is 9.80 Å². The van der Waals surface area contributed by atoms with Gasteiger partial charge < -0.3 is 19.3 Å². The summed E-state index contributed by atoms with van der Waals surface area (Å²) < 4.78 is 11.1. The molecule has 6 nitrogen and oxygen atoms in total. The van der Waals surface area contributed by atoms with Crippen LogP contribution in [0.15, 0.2) is 60.7 Å². The fourth-order valence-electron chi connectivity index (χ4n) is 6.72. The smallest absolute Gasteiger partial charge is 0.336 e. The second-order valence-corrected chi connectivity index (χ2v) is 12.1. The van der Waals surface area contributed by atoms with Crippen LogP contribution in [0.4, 0.5) is 0 Å². The van der Waals surface area contributed by atoms with Crippen LogP contribution in [0.2, 0.25) is 0 Å². The highest BCUT2D eigenvalue weighted by atomic mass is 16.5. The summed E-state index contributed by atoms with van der Waals surface area (Å²) in [5.74, 6) is 1.94. The molecule has 2 saturated carbocycles. The van der Waals surface area contributed by atoms with Crippen LogP contribution in [0, 0.1) is 11.8 Å². The van der Waals surface area contributed by atoms with Gasteiger partial charge in [0.2, 0.25) is 0 Å². The van der Waals surface area contributed by atoms with Gasteiger partial charge in [-0.15, -0.1) is 0 Å². The first kappa shape index (κ1) is 30.0. The minimum Gasteiger partial charge on any atom is -0.423 e. The molecule has 0 spiro atoms. The number of rotatable bonds is 10. The molecule has 0 radical (unpaired) electrons. The predicted octanol–water partition coefficient (Wildman–Crippen LogP) is 6.42. The Labute approximate surface area is 240 Å². The molecule has 0 saturated heterocycles. The van der Waals surface area contributed by atoms with E-state index in [4.69, 9.17) is 9.47 Å². The highest BCUT2D eigenvalue weighted by Crippen LogP contribution is 2.40. The Morgan fingerprint density at radius 2 is 1.07 bits per heavy atom. The van der Waals surface area contributed by atoms with Crippen LogP contribution in [-0.4, -0.2) is 63.0 Å². The molecule has 2 aliphatic rings. The average molecular weight is 547 g/mol. The third-order valence-electron chi connectivity index (χ3n) is 8.38. The van der Waals surface area contributed by atoms with Crippen LogP contribution in [0.25, 0.3) is 0 Å². The highest BCUT2D eigenvalue weighted by Gasteiger charge is 2.28. The third-order valence-corrected chi connectivity index (χ3v) is 8.38. The summed E-state index contributed by atoms with van der Waals surface area (Å²) in [5.41, 5.74) is 2.43. The molecule has 2 fully saturated rings. The number of carbonyl (C=O) groups excluding carboxylic acids is 2. The maximum absolute atomic E-state index is 12.5. The van der Waals surface area contributed by atoms with Crippen LogP contribution in [0.1, 0.15) is 74.3 Å². The largest absolute Gasteiger partial charge is 0.423 e. The van der Waals surface area contributed by atoms with Crippen molar-refractivity contribution >= 4 is 11.9 Å². The van der Waals surface area contributed by atoms with Gasteiger partial charge in [0.15, 0.2) is 0 Å². The SMILES string of the molecule is CN(C)CC1CCCCC1c1cccc(OC(=O)/C=C/C(=O)Oc2cccc(C3CCCCC3CN(C)C)c2)c1. The molecule has 0 bridgehead atoms. The second kappa shape index (κ2) is 14.6. The van der Waals surface area contributed by atoms with Gasteiger partial charge in [0.25, 0.3) is 0 Å². The molecule has 2 aromatic carbocycles. The number of hydrogen-bond donors (Lipinski definition) is 0. The van der Waals surface area contributed by atoms with E-state index in [2.05, 4.69) is 50.1 Å². The molecular weight excluding hydrogens is 500 g/mol. The summed E-state index contributed by atoms with van der Waals surface area (Å²) >= 11 is 0. The Kier molecular flexibility index (Phi) is 11.0. The third kappa shape index (κ3) is 8.77. The quantitative estimate of drug-likeness (QED) is 0.195. The fourth-order valence-corrected chi connectivity index (χ4v) is 6.72. The van der Waals surface area contributed by atoms with E-state index < -0.39 is 11.9 Å². The zero-order chi connectivity index (χ0) is 28.5. The Hall–Kier alpha value is -2.96. The lowest BCUT2D eigenvalue weighted by atomic mass is 9.75. The summed E-state index contributed by atoms with van der Waals surface area (Å²) in [6.07, 6.45) is 12.0. The van der Waals surface area contributed by atoms with Crippen molar-refractivity contribution in [1.29, 1.82) is 0 Å².